The lowest BCUT2D eigenvalue weighted by atomic mass is 9.80. The van der Waals surface area contributed by atoms with Gasteiger partial charge in [0.15, 0.2) is 0 Å². The number of fused-ring (bicyclic) bond motifs is 1. The summed E-state index contributed by atoms with van der Waals surface area (Å²) >= 11 is 0. The standard InChI is InChI=1S/C36H53N5O4/c1-36(2,3)39-35(45)31-24-40(22-26-12-9-15-37-21-26)16-17-41(31)23-29(42)19-28(18-25-10-5-4-6-11-25)34(44)38-33-30-14-8-7-13-27(30)20-32(33)43/h7-9,12-15,21,25,28-29,31-33,42-43H,4-6,10-11,16-20,22-24H2,1-3H3,(H,38,44)(H,39,45)/t28-,29+,31+,32-,33+/m1/s1. The van der Waals surface area contributed by atoms with Crippen LogP contribution in [0.3, 0.4) is 0 Å². The number of amides is 2. The van der Waals surface area contributed by atoms with Gasteiger partial charge >= 0.3 is 0 Å². The van der Waals surface area contributed by atoms with Gasteiger partial charge in [0.05, 0.1) is 18.2 Å². The van der Waals surface area contributed by atoms with E-state index < -0.39 is 24.3 Å². The van der Waals surface area contributed by atoms with Crippen molar-refractivity contribution in [2.24, 2.45) is 11.8 Å². The van der Waals surface area contributed by atoms with Gasteiger partial charge in [-0.2, -0.15) is 0 Å². The highest BCUT2D eigenvalue weighted by molar-refractivity contribution is 5.83. The molecule has 2 amide bonds. The van der Waals surface area contributed by atoms with Gasteiger partial charge in [0.1, 0.15) is 6.04 Å². The molecular formula is C36H53N5O4. The maximum absolute atomic E-state index is 13.9. The van der Waals surface area contributed by atoms with Crippen LogP contribution in [0.2, 0.25) is 0 Å². The summed E-state index contributed by atoms with van der Waals surface area (Å²) in [4.78, 5) is 36.1. The molecular weight excluding hydrogens is 566 g/mol. The number of nitrogens with zero attached hydrogens (tertiary/aromatic N) is 3. The largest absolute Gasteiger partial charge is 0.392 e. The number of carbonyl (C=O) groups excluding carboxylic acids is 2. The SMILES string of the molecule is CC(C)(C)NC(=O)[C@@H]1CN(Cc2cccnc2)CCN1C[C@@H](O)C[C@@H](CC1CCCCC1)C(=O)N[C@H]1c2ccccc2C[C@H]1O. The predicted molar refractivity (Wildman–Crippen MR) is 175 cm³/mol. The zero-order valence-corrected chi connectivity index (χ0v) is 27.3. The average Bonchev–Trinajstić information content (AvgIpc) is 3.32. The molecule has 9 nitrogen and oxygen atoms in total. The third-order valence-electron chi connectivity index (χ3n) is 9.72. The fraction of sp³-hybridized carbons (Fsp3) is 0.639. The Morgan fingerprint density at radius 1 is 1.07 bits per heavy atom. The van der Waals surface area contributed by atoms with Crippen molar-refractivity contribution in [1.29, 1.82) is 0 Å². The molecule has 1 aromatic heterocycles. The Morgan fingerprint density at radius 3 is 2.58 bits per heavy atom. The minimum absolute atomic E-state index is 0.0454. The third-order valence-corrected chi connectivity index (χ3v) is 9.72. The van der Waals surface area contributed by atoms with Crippen LogP contribution >= 0.6 is 0 Å². The lowest BCUT2D eigenvalue weighted by Crippen LogP contribution is -2.61. The molecule has 0 radical (unpaired) electrons. The molecule has 2 aliphatic carbocycles. The number of rotatable bonds is 11. The van der Waals surface area contributed by atoms with Gasteiger partial charge in [-0.15, -0.1) is 0 Å². The maximum atomic E-state index is 13.9. The number of carbonyl (C=O) groups is 2. The van der Waals surface area contributed by atoms with E-state index in [9.17, 15) is 19.8 Å². The Morgan fingerprint density at radius 2 is 1.84 bits per heavy atom. The summed E-state index contributed by atoms with van der Waals surface area (Å²) < 4.78 is 0. The first-order chi connectivity index (χ1) is 21.6. The Labute approximate surface area is 268 Å². The number of nitrogens with one attached hydrogen (secondary N) is 2. The molecule has 1 aromatic carbocycles. The van der Waals surface area contributed by atoms with Crippen LogP contribution in [-0.2, 0) is 22.6 Å². The lowest BCUT2D eigenvalue weighted by molar-refractivity contribution is -0.132. The summed E-state index contributed by atoms with van der Waals surface area (Å²) in [5.41, 5.74) is 2.78. The molecule has 5 atom stereocenters. The van der Waals surface area contributed by atoms with Gasteiger partial charge in [-0.05, 0) is 62.3 Å². The normalized spacial score (nSPS) is 24.5. The monoisotopic (exact) mass is 619 g/mol. The van der Waals surface area contributed by atoms with Crippen molar-refractivity contribution >= 4 is 11.8 Å². The molecule has 3 aliphatic rings. The first-order valence-corrected chi connectivity index (χ1v) is 17.0. The highest BCUT2D eigenvalue weighted by Gasteiger charge is 2.37. The zero-order chi connectivity index (χ0) is 32.0. The smallest absolute Gasteiger partial charge is 0.239 e. The minimum Gasteiger partial charge on any atom is -0.392 e. The van der Waals surface area contributed by atoms with Crippen molar-refractivity contribution in [2.45, 2.75) is 109 Å². The van der Waals surface area contributed by atoms with Crippen molar-refractivity contribution in [3.05, 3.63) is 65.5 Å². The van der Waals surface area contributed by atoms with E-state index in [0.717, 1.165) is 42.5 Å². The van der Waals surface area contributed by atoms with Gasteiger partial charge in [-0.25, -0.2) is 0 Å². The summed E-state index contributed by atoms with van der Waals surface area (Å²) in [7, 11) is 0. The molecule has 1 aliphatic heterocycles. The fourth-order valence-corrected chi connectivity index (χ4v) is 7.52. The molecule has 1 saturated heterocycles. The molecule has 45 heavy (non-hydrogen) atoms. The quantitative estimate of drug-likeness (QED) is 0.304. The number of hydrogen-bond donors (Lipinski definition) is 4. The molecule has 4 N–H and O–H groups in total. The van der Waals surface area contributed by atoms with Gasteiger partial charge in [-0.3, -0.25) is 24.4 Å². The number of pyridine rings is 1. The lowest BCUT2D eigenvalue weighted by Gasteiger charge is -2.42. The van der Waals surface area contributed by atoms with E-state index in [1.165, 1.54) is 19.3 Å². The zero-order valence-electron chi connectivity index (χ0n) is 27.3. The molecule has 9 heteroatoms. The van der Waals surface area contributed by atoms with E-state index in [2.05, 4.69) is 25.4 Å². The van der Waals surface area contributed by atoms with Crippen LogP contribution in [-0.4, -0.2) is 86.8 Å². The van der Waals surface area contributed by atoms with Crippen molar-refractivity contribution in [3.8, 4) is 0 Å². The van der Waals surface area contributed by atoms with Crippen LogP contribution < -0.4 is 10.6 Å². The fourth-order valence-electron chi connectivity index (χ4n) is 7.52. The van der Waals surface area contributed by atoms with Crippen LogP contribution in [0.15, 0.2) is 48.8 Å². The van der Waals surface area contributed by atoms with Crippen LogP contribution in [0.5, 0.6) is 0 Å². The highest BCUT2D eigenvalue weighted by Crippen LogP contribution is 2.34. The summed E-state index contributed by atoms with van der Waals surface area (Å²) in [6.45, 7) is 8.94. The maximum Gasteiger partial charge on any atom is 0.239 e. The van der Waals surface area contributed by atoms with Crippen LogP contribution in [0.1, 0.15) is 88.4 Å². The predicted octanol–water partition coefficient (Wildman–Crippen LogP) is 3.59. The second kappa shape index (κ2) is 15.2. The first kappa shape index (κ1) is 33.5. The summed E-state index contributed by atoms with van der Waals surface area (Å²) in [6.07, 6.45) is 9.64. The number of β-amino-alcohol motifs (C(OH)–C–C–N with tert-alkyl or cyclic N) is 1. The van der Waals surface area contributed by atoms with Gasteiger partial charge in [0.25, 0.3) is 0 Å². The van der Waals surface area contributed by atoms with Crippen molar-refractivity contribution in [3.63, 3.8) is 0 Å². The number of aliphatic hydroxyl groups excluding tert-OH is 2. The summed E-state index contributed by atoms with van der Waals surface area (Å²) in [5, 5.41) is 28.7. The second-order valence-electron chi connectivity index (χ2n) is 14.6. The molecule has 0 unspecified atom stereocenters. The van der Waals surface area contributed by atoms with E-state index in [-0.39, 0.29) is 23.3 Å². The number of hydrogen-bond acceptors (Lipinski definition) is 7. The molecule has 2 fully saturated rings. The van der Waals surface area contributed by atoms with Crippen LogP contribution in [0, 0.1) is 11.8 Å². The average molecular weight is 620 g/mol. The Hall–Kier alpha value is -2.85. The van der Waals surface area contributed by atoms with Crippen LogP contribution in [0.25, 0.3) is 0 Å². The minimum atomic E-state index is -0.764. The van der Waals surface area contributed by atoms with E-state index in [4.69, 9.17) is 0 Å². The molecule has 0 spiro atoms. The third kappa shape index (κ3) is 9.35. The second-order valence-corrected chi connectivity index (χ2v) is 14.6. The van der Waals surface area contributed by atoms with Crippen molar-refractivity contribution in [1.82, 2.24) is 25.4 Å². The number of aliphatic hydroxyl groups is 2. The van der Waals surface area contributed by atoms with Gasteiger partial charge in [-0.1, -0.05) is 62.4 Å². The Balaban J connectivity index is 1.27. The number of piperazine rings is 1. The topological polar surface area (TPSA) is 118 Å². The summed E-state index contributed by atoms with van der Waals surface area (Å²) in [6, 6.07) is 11.0. The van der Waals surface area contributed by atoms with E-state index in [0.29, 0.717) is 44.9 Å². The van der Waals surface area contributed by atoms with Crippen molar-refractivity contribution in [2.75, 3.05) is 26.2 Å². The van der Waals surface area contributed by atoms with E-state index >= 15 is 0 Å². The van der Waals surface area contributed by atoms with Gasteiger partial charge < -0.3 is 20.8 Å². The Bertz CT molecular complexity index is 1260. The number of aromatic nitrogens is 1. The van der Waals surface area contributed by atoms with Gasteiger partial charge in [0.2, 0.25) is 11.8 Å². The molecule has 1 saturated carbocycles. The first-order valence-electron chi connectivity index (χ1n) is 17.0. The highest BCUT2D eigenvalue weighted by atomic mass is 16.3. The van der Waals surface area contributed by atoms with Crippen molar-refractivity contribution < 1.29 is 19.8 Å². The summed E-state index contributed by atoms with van der Waals surface area (Å²) in [5.74, 6) is -0.0414. The Kier molecular flexibility index (Phi) is 11.3. The van der Waals surface area contributed by atoms with Crippen LogP contribution in [0.4, 0.5) is 0 Å². The molecule has 2 heterocycles. The molecule has 246 valence electrons. The molecule has 0 bridgehead atoms. The molecule has 2 aromatic rings. The van der Waals surface area contributed by atoms with Gasteiger partial charge in [0, 0.05) is 63.0 Å². The molecule has 5 rings (SSSR count). The van der Waals surface area contributed by atoms with E-state index in [1.807, 2.05) is 63.4 Å². The number of benzene rings is 1. The van der Waals surface area contributed by atoms with E-state index in [1.54, 1.807) is 6.20 Å².